The molecule has 1 nitrogen and oxygen atoms in total. The van der Waals surface area contributed by atoms with Gasteiger partial charge in [0.1, 0.15) is 11.6 Å². The fourth-order valence-electron chi connectivity index (χ4n) is 0.840. The molecule has 4 heteroatoms. The topological polar surface area (TPSA) is 26.0 Å². The van der Waals surface area contributed by atoms with Crippen molar-refractivity contribution in [2.45, 2.75) is 0 Å². The third kappa shape index (κ3) is 2.36. The third-order valence-electron chi connectivity index (χ3n) is 1.36. The monoisotopic (exact) mass is 199 g/mol. The van der Waals surface area contributed by atoms with E-state index in [0.29, 0.717) is 0 Å². The molecule has 0 saturated carbocycles. The Morgan fingerprint density at radius 3 is 2.31 bits per heavy atom. The highest BCUT2D eigenvalue weighted by molar-refractivity contribution is 7.80. The van der Waals surface area contributed by atoms with Gasteiger partial charge in [0.15, 0.2) is 0 Å². The Labute approximate surface area is 80.4 Å². The van der Waals surface area contributed by atoms with Crippen LogP contribution in [0.1, 0.15) is 5.56 Å². The van der Waals surface area contributed by atoms with Crippen molar-refractivity contribution >= 4 is 18.3 Å². The van der Waals surface area contributed by atoms with Gasteiger partial charge in [-0.25, -0.2) is 8.78 Å². The Morgan fingerprint density at radius 2 is 1.85 bits per heavy atom. The Bertz CT molecular complexity index is 356. The van der Waals surface area contributed by atoms with Gasteiger partial charge in [-0.2, -0.15) is 12.6 Å². The number of anilines is 1. The molecule has 1 aromatic carbocycles. The molecule has 68 valence electrons. The lowest BCUT2D eigenvalue weighted by atomic mass is 10.2. The van der Waals surface area contributed by atoms with Gasteiger partial charge in [-0.3, -0.25) is 0 Å². The molecule has 0 fully saturated rings. The summed E-state index contributed by atoms with van der Waals surface area (Å²) >= 11 is 3.80. The summed E-state index contributed by atoms with van der Waals surface area (Å²) in [7, 11) is 0. The van der Waals surface area contributed by atoms with Gasteiger partial charge < -0.3 is 5.73 Å². The molecule has 0 spiro atoms. The summed E-state index contributed by atoms with van der Waals surface area (Å²) in [5.41, 5.74) is 5.00. The number of nitrogen functional groups attached to an aromatic ring is 1. The lowest BCUT2D eigenvalue weighted by Gasteiger charge is -1.98. The molecule has 0 heterocycles. The minimum atomic E-state index is -0.744. The largest absolute Gasteiger partial charge is 0.399 e. The highest BCUT2D eigenvalue weighted by Crippen LogP contribution is 2.15. The molecule has 0 amide bonds. The molecule has 2 N–H and O–H groups in total. The zero-order valence-electron chi connectivity index (χ0n) is 6.64. The number of halogens is 2. The predicted molar refractivity (Wildman–Crippen MR) is 51.5 cm³/mol. The first-order chi connectivity index (χ1) is 6.15. The van der Waals surface area contributed by atoms with Crippen molar-refractivity contribution in [3.05, 3.63) is 29.3 Å². The van der Waals surface area contributed by atoms with E-state index in [4.69, 9.17) is 5.73 Å². The highest BCUT2D eigenvalue weighted by Gasteiger charge is 2.06. The van der Waals surface area contributed by atoms with Crippen LogP contribution in [0.4, 0.5) is 14.5 Å². The summed E-state index contributed by atoms with van der Waals surface area (Å²) in [4.78, 5) is 0. The number of thiol groups is 1. The van der Waals surface area contributed by atoms with Gasteiger partial charge in [0, 0.05) is 5.69 Å². The molecule has 0 saturated heterocycles. The summed E-state index contributed by atoms with van der Waals surface area (Å²) in [6.07, 6.45) is 0. The molecule has 0 aliphatic heterocycles. The average molecular weight is 199 g/mol. The number of benzene rings is 1. The van der Waals surface area contributed by atoms with Crippen LogP contribution in [0, 0.1) is 23.5 Å². The van der Waals surface area contributed by atoms with E-state index >= 15 is 0 Å². The zero-order chi connectivity index (χ0) is 9.84. The Morgan fingerprint density at radius 1 is 1.31 bits per heavy atom. The second-order valence-electron chi connectivity index (χ2n) is 2.32. The molecular weight excluding hydrogens is 192 g/mol. The zero-order valence-corrected chi connectivity index (χ0v) is 7.54. The molecule has 0 aliphatic rings. The standard InChI is InChI=1S/C9H7F2NS/c10-8-4-6(12)5-9(11)7(8)2-1-3-13/h4-5,13H,3,12H2. The highest BCUT2D eigenvalue weighted by atomic mass is 32.1. The van der Waals surface area contributed by atoms with E-state index in [2.05, 4.69) is 24.5 Å². The predicted octanol–water partition coefficient (Wildman–Crippen LogP) is 1.83. The van der Waals surface area contributed by atoms with Crippen LogP contribution in [-0.2, 0) is 0 Å². The van der Waals surface area contributed by atoms with Crippen molar-refractivity contribution in [1.29, 1.82) is 0 Å². The van der Waals surface area contributed by atoms with E-state index in [1.54, 1.807) is 0 Å². The number of hydrogen-bond acceptors (Lipinski definition) is 2. The molecule has 0 unspecified atom stereocenters. The van der Waals surface area contributed by atoms with Crippen molar-refractivity contribution < 1.29 is 8.78 Å². The van der Waals surface area contributed by atoms with E-state index in [9.17, 15) is 8.78 Å². The second kappa shape index (κ2) is 4.15. The number of rotatable bonds is 0. The average Bonchev–Trinajstić information content (AvgIpc) is 2.02. The van der Waals surface area contributed by atoms with Crippen molar-refractivity contribution in [2.24, 2.45) is 0 Å². The molecule has 0 bridgehead atoms. The fraction of sp³-hybridized carbons (Fsp3) is 0.111. The molecule has 0 aliphatic carbocycles. The molecular formula is C9H7F2NS. The van der Waals surface area contributed by atoms with Crippen LogP contribution >= 0.6 is 12.6 Å². The van der Waals surface area contributed by atoms with Crippen LogP contribution < -0.4 is 5.73 Å². The second-order valence-corrected chi connectivity index (χ2v) is 2.64. The van der Waals surface area contributed by atoms with Gasteiger partial charge >= 0.3 is 0 Å². The smallest absolute Gasteiger partial charge is 0.143 e. The summed E-state index contributed by atoms with van der Waals surface area (Å²) in [5, 5.41) is 0. The number of hydrogen-bond donors (Lipinski definition) is 2. The van der Waals surface area contributed by atoms with Crippen molar-refractivity contribution in [3.8, 4) is 11.8 Å². The van der Waals surface area contributed by atoms with Gasteiger partial charge in [0.2, 0.25) is 0 Å². The molecule has 1 aromatic rings. The van der Waals surface area contributed by atoms with Crippen LogP contribution in [0.3, 0.4) is 0 Å². The Kier molecular flexibility index (Phi) is 3.15. The first-order valence-electron chi connectivity index (χ1n) is 3.49. The van der Waals surface area contributed by atoms with Crippen molar-refractivity contribution in [1.82, 2.24) is 0 Å². The van der Waals surface area contributed by atoms with Crippen LogP contribution in [0.5, 0.6) is 0 Å². The van der Waals surface area contributed by atoms with Gasteiger partial charge in [0.05, 0.1) is 11.3 Å². The Balaban J connectivity index is 3.21. The fourth-order valence-corrected chi connectivity index (χ4v) is 0.919. The lowest BCUT2D eigenvalue weighted by molar-refractivity contribution is 0.578. The van der Waals surface area contributed by atoms with Gasteiger partial charge in [-0.1, -0.05) is 11.8 Å². The Hall–Kier alpha value is -1.21. The maximum absolute atomic E-state index is 13.0. The summed E-state index contributed by atoms with van der Waals surface area (Å²) < 4.78 is 26.0. The summed E-state index contributed by atoms with van der Waals surface area (Å²) in [5.74, 6) is 3.55. The molecule has 0 atom stereocenters. The van der Waals surface area contributed by atoms with Crippen LogP contribution in [0.2, 0.25) is 0 Å². The lowest BCUT2D eigenvalue weighted by Crippen LogP contribution is -1.94. The van der Waals surface area contributed by atoms with E-state index in [0.717, 1.165) is 12.1 Å². The van der Waals surface area contributed by atoms with Gasteiger partial charge in [-0.05, 0) is 12.1 Å². The third-order valence-corrected chi connectivity index (χ3v) is 1.51. The molecule has 1 rings (SSSR count). The van der Waals surface area contributed by atoms with Crippen LogP contribution in [0.15, 0.2) is 12.1 Å². The summed E-state index contributed by atoms with van der Waals surface area (Å²) in [6, 6.07) is 2.07. The summed E-state index contributed by atoms with van der Waals surface area (Å²) in [6.45, 7) is 0. The maximum atomic E-state index is 13.0. The van der Waals surface area contributed by atoms with E-state index < -0.39 is 11.6 Å². The van der Waals surface area contributed by atoms with Crippen LogP contribution in [-0.4, -0.2) is 5.75 Å². The quantitative estimate of drug-likeness (QED) is 0.372. The molecule has 0 aromatic heterocycles. The van der Waals surface area contributed by atoms with Crippen LogP contribution in [0.25, 0.3) is 0 Å². The van der Waals surface area contributed by atoms with E-state index in [1.165, 1.54) is 0 Å². The maximum Gasteiger partial charge on any atom is 0.143 e. The number of nitrogens with two attached hydrogens (primary N) is 1. The van der Waals surface area contributed by atoms with Crippen molar-refractivity contribution in [3.63, 3.8) is 0 Å². The first-order valence-corrected chi connectivity index (χ1v) is 4.12. The van der Waals surface area contributed by atoms with Gasteiger partial charge in [0.25, 0.3) is 0 Å². The minimum Gasteiger partial charge on any atom is -0.399 e. The van der Waals surface area contributed by atoms with Crippen molar-refractivity contribution in [2.75, 3.05) is 11.5 Å². The molecule has 0 radical (unpaired) electrons. The normalized spacial score (nSPS) is 9.15. The van der Waals surface area contributed by atoms with E-state index in [1.807, 2.05) is 0 Å². The minimum absolute atomic E-state index is 0.0476. The van der Waals surface area contributed by atoms with E-state index in [-0.39, 0.29) is 17.0 Å². The first kappa shape index (κ1) is 9.87. The molecule has 13 heavy (non-hydrogen) atoms. The van der Waals surface area contributed by atoms with Gasteiger partial charge in [-0.15, -0.1) is 0 Å². The SMILES string of the molecule is Nc1cc(F)c(C#CCS)c(F)c1.